The lowest BCUT2D eigenvalue weighted by Crippen LogP contribution is -2.51. The number of rotatable bonds is 2. The molecule has 1 N–H and O–H groups in total. The van der Waals surface area contributed by atoms with Crippen LogP contribution in [0.4, 0.5) is 4.79 Å². The van der Waals surface area contributed by atoms with Crippen LogP contribution < -0.4 is 0 Å². The van der Waals surface area contributed by atoms with Crippen molar-refractivity contribution in [2.24, 2.45) is 5.41 Å². The second-order valence-corrected chi connectivity index (χ2v) is 6.71. The first-order chi connectivity index (χ1) is 8.38. The van der Waals surface area contributed by atoms with Crippen LogP contribution in [0.5, 0.6) is 0 Å². The van der Waals surface area contributed by atoms with E-state index in [-0.39, 0.29) is 24.2 Å². The quantitative estimate of drug-likeness (QED) is 0.825. The van der Waals surface area contributed by atoms with E-state index in [0.717, 1.165) is 38.6 Å². The first-order valence-electron chi connectivity index (χ1n) is 6.98. The number of nitrogens with zero attached hydrogens (tertiary/aromatic N) is 1. The second kappa shape index (κ2) is 4.72. The summed E-state index contributed by atoms with van der Waals surface area (Å²) in [6.07, 6.45) is 5.04. The number of carbonyl (C=O) groups excluding carboxylic acids is 1. The number of aliphatic hydroxyl groups excluding tert-OH is 1. The second-order valence-electron chi connectivity index (χ2n) is 6.71. The van der Waals surface area contributed by atoms with E-state index in [9.17, 15) is 9.90 Å². The standard InChI is InChI=1S/C14H25NO3/c1-13(2,3)18-12(17)15-9-5-4-6-11(15)14(10-16)7-8-14/h11,16H,4-10H2,1-3H3/t11-/m1/s1. The van der Waals surface area contributed by atoms with Crippen molar-refractivity contribution in [1.29, 1.82) is 0 Å². The molecular weight excluding hydrogens is 230 g/mol. The van der Waals surface area contributed by atoms with Crippen molar-refractivity contribution in [3.05, 3.63) is 0 Å². The number of aliphatic hydroxyl groups is 1. The molecule has 0 radical (unpaired) electrons. The molecule has 2 rings (SSSR count). The van der Waals surface area contributed by atoms with Gasteiger partial charge < -0.3 is 14.7 Å². The number of amides is 1. The Kier molecular flexibility index (Phi) is 3.58. The highest BCUT2D eigenvalue weighted by molar-refractivity contribution is 5.69. The molecule has 1 atom stereocenters. The molecule has 2 aliphatic rings. The third-order valence-electron chi connectivity index (χ3n) is 4.04. The number of likely N-dealkylation sites (tertiary alicyclic amines) is 1. The van der Waals surface area contributed by atoms with E-state index in [1.807, 2.05) is 25.7 Å². The fraction of sp³-hybridized carbons (Fsp3) is 0.929. The van der Waals surface area contributed by atoms with Gasteiger partial charge in [0.25, 0.3) is 0 Å². The van der Waals surface area contributed by atoms with Gasteiger partial charge in [-0.1, -0.05) is 0 Å². The molecule has 0 spiro atoms. The number of carbonyl (C=O) groups is 1. The van der Waals surface area contributed by atoms with Crippen LogP contribution in [0, 0.1) is 5.41 Å². The van der Waals surface area contributed by atoms with Gasteiger partial charge in [-0.15, -0.1) is 0 Å². The highest BCUT2D eigenvalue weighted by Crippen LogP contribution is 2.52. The predicted octanol–water partition coefficient (Wildman–Crippen LogP) is 2.55. The van der Waals surface area contributed by atoms with Gasteiger partial charge in [0, 0.05) is 18.0 Å². The van der Waals surface area contributed by atoms with Gasteiger partial charge in [0.15, 0.2) is 0 Å². The maximum absolute atomic E-state index is 12.2. The minimum absolute atomic E-state index is 0.0304. The van der Waals surface area contributed by atoms with E-state index in [4.69, 9.17) is 4.74 Å². The highest BCUT2D eigenvalue weighted by atomic mass is 16.6. The largest absolute Gasteiger partial charge is 0.444 e. The van der Waals surface area contributed by atoms with Crippen molar-refractivity contribution < 1.29 is 14.6 Å². The maximum atomic E-state index is 12.2. The van der Waals surface area contributed by atoms with Gasteiger partial charge in [-0.25, -0.2) is 4.79 Å². The average Bonchev–Trinajstić information content (AvgIpc) is 3.07. The minimum atomic E-state index is -0.449. The molecule has 1 amide bonds. The van der Waals surface area contributed by atoms with Crippen molar-refractivity contribution in [1.82, 2.24) is 4.90 Å². The smallest absolute Gasteiger partial charge is 0.410 e. The highest BCUT2D eigenvalue weighted by Gasteiger charge is 2.53. The Morgan fingerprint density at radius 3 is 2.56 bits per heavy atom. The first kappa shape index (κ1) is 13.7. The van der Waals surface area contributed by atoms with E-state index >= 15 is 0 Å². The summed E-state index contributed by atoms with van der Waals surface area (Å²) in [4.78, 5) is 14.1. The van der Waals surface area contributed by atoms with Crippen molar-refractivity contribution in [2.45, 2.75) is 64.5 Å². The van der Waals surface area contributed by atoms with Crippen molar-refractivity contribution in [3.8, 4) is 0 Å². The summed E-state index contributed by atoms with van der Waals surface area (Å²) < 4.78 is 5.48. The van der Waals surface area contributed by atoms with Gasteiger partial charge >= 0.3 is 6.09 Å². The Labute approximate surface area is 109 Å². The molecule has 4 heteroatoms. The Bertz CT molecular complexity index is 317. The topological polar surface area (TPSA) is 49.8 Å². The molecule has 0 aromatic carbocycles. The molecular formula is C14H25NO3. The summed E-state index contributed by atoms with van der Waals surface area (Å²) in [7, 11) is 0. The van der Waals surface area contributed by atoms with Crippen LogP contribution in [0.25, 0.3) is 0 Å². The number of ether oxygens (including phenoxy) is 1. The number of hydrogen-bond acceptors (Lipinski definition) is 3. The third kappa shape index (κ3) is 2.79. The zero-order chi connectivity index (χ0) is 13.4. The van der Waals surface area contributed by atoms with Crippen LogP contribution in [0.15, 0.2) is 0 Å². The number of hydrogen-bond donors (Lipinski definition) is 1. The molecule has 1 aliphatic carbocycles. The lowest BCUT2D eigenvalue weighted by atomic mass is 9.88. The molecule has 0 aromatic rings. The zero-order valence-corrected chi connectivity index (χ0v) is 11.7. The molecule has 18 heavy (non-hydrogen) atoms. The van der Waals surface area contributed by atoms with Gasteiger partial charge in [0.05, 0.1) is 6.61 Å². The lowest BCUT2D eigenvalue weighted by molar-refractivity contribution is -0.00770. The van der Waals surface area contributed by atoms with Crippen LogP contribution in [-0.4, -0.2) is 40.9 Å². The molecule has 0 aromatic heterocycles. The Morgan fingerprint density at radius 2 is 2.06 bits per heavy atom. The van der Waals surface area contributed by atoms with Gasteiger partial charge in [0.1, 0.15) is 5.60 Å². The molecule has 4 nitrogen and oxygen atoms in total. The number of piperidine rings is 1. The summed E-state index contributed by atoms with van der Waals surface area (Å²) in [5, 5.41) is 9.56. The van der Waals surface area contributed by atoms with Crippen LogP contribution in [0.3, 0.4) is 0 Å². The first-order valence-corrected chi connectivity index (χ1v) is 6.98. The summed E-state index contributed by atoms with van der Waals surface area (Å²) >= 11 is 0. The van der Waals surface area contributed by atoms with E-state index in [1.54, 1.807) is 0 Å². The van der Waals surface area contributed by atoms with E-state index in [2.05, 4.69) is 0 Å². The van der Waals surface area contributed by atoms with E-state index < -0.39 is 5.60 Å². The van der Waals surface area contributed by atoms with Gasteiger partial charge in [0.2, 0.25) is 0 Å². The van der Waals surface area contributed by atoms with Crippen molar-refractivity contribution in [3.63, 3.8) is 0 Å². The zero-order valence-electron chi connectivity index (χ0n) is 11.7. The minimum Gasteiger partial charge on any atom is -0.444 e. The molecule has 1 aliphatic heterocycles. The van der Waals surface area contributed by atoms with Crippen molar-refractivity contribution >= 4 is 6.09 Å². The normalized spacial score (nSPS) is 26.9. The lowest BCUT2D eigenvalue weighted by Gasteiger charge is -2.40. The summed E-state index contributed by atoms with van der Waals surface area (Å²) in [5.41, 5.74) is -0.480. The van der Waals surface area contributed by atoms with Crippen LogP contribution >= 0.6 is 0 Å². The monoisotopic (exact) mass is 255 g/mol. The van der Waals surface area contributed by atoms with Gasteiger partial charge in [-0.2, -0.15) is 0 Å². The molecule has 2 fully saturated rings. The Balaban J connectivity index is 2.06. The van der Waals surface area contributed by atoms with E-state index in [1.165, 1.54) is 0 Å². The van der Waals surface area contributed by atoms with Crippen LogP contribution in [0.2, 0.25) is 0 Å². The van der Waals surface area contributed by atoms with E-state index in [0.29, 0.717) is 0 Å². The summed E-state index contributed by atoms with van der Waals surface area (Å²) in [6.45, 7) is 6.63. The van der Waals surface area contributed by atoms with Gasteiger partial charge in [-0.05, 0) is 52.9 Å². The Hall–Kier alpha value is -0.770. The van der Waals surface area contributed by atoms with Gasteiger partial charge in [-0.3, -0.25) is 0 Å². The Morgan fingerprint density at radius 1 is 1.39 bits per heavy atom. The molecule has 104 valence electrons. The average molecular weight is 255 g/mol. The molecule has 1 saturated carbocycles. The fourth-order valence-corrected chi connectivity index (χ4v) is 2.86. The fourth-order valence-electron chi connectivity index (χ4n) is 2.86. The van der Waals surface area contributed by atoms with Crippen molar-refractivity contribution in [2.75, 3.05) is 13.2 Å². The SMILES string of the molecule is CC(C)(C)OC(=O)N1CCCC[C@@H]1C1(CO)CC1. The molecule has 1 heterocycles. The molecule has 0 unspecified atom stereocenters. The summed E-state index contributed by atoms with van der Waals surface area (Å²) in [6, 6.07) is 0.172. The third-order valence-corrected chi connectivity index (χ3v) is 4.04. The maximum Gasteiger partial charge on any atom is 0.410 e. The predicted molar refractivity (Wildman–Crippen MR) is 69.3 cm³/mol. The molecule has 0 bridgehead atoms. The summed E-state index contributed by atoms with van der Waals surface area (Å²) in [5.74, 6) is 0. The van der Waals surface area contributed by atoms with Crippen LogP contribution in [-0.2, 0) is 4.74 Å². The molecule has 1 saturated heterocycles. The van der Waals surface area contributed by atoms with Crippen LogP contribution in [0.1, 0.15) is 52.9 Å².